The van der Waals surface area contributed by atoms with Crippen LogP contribution < -0.4 is 5.32 Å². The lowest BCUT2D eigenvalue weighted by Gasteiger charge is -2.24. The molecule has 1 aliphatic heterocycles. The molecule has 1 saturated heterocycles. The van der Waals surface area contributed by atoms with Crippen LogP contribution in [-0.2, 0) is 14.3 Å². The van der Waals surface area contributed by atoms with E-state index >= 15 is 0 Å². The number of para-hydroxylation sites is 1. The molecule has 1 heterocycles. The van der Waals surface area contributed by atoms with Crippen molar-refractivity contribution >= 4 is 17.5 Å². The van der Waals surface area contributed by atoms with Gasteiger partial charge < -0.3 is 15.0 Å². The third-order valence-electron chi connectivity index (χ3n) is 4.31. The van der Waals surface area contributed by atoms with Crippen LogP contribution in [-0.4, -0.2) is 43.0 Å². The second kappa shape index (κ2) is 7.59. The third-order valence-corrected chi connectivity index (χ3v) is 4.31. The molecule has 1 aromatic carbocycles. The summed E-state index contributed by atoms with van der Waals surface area (Å²) in [6, 6.07) is 7.81. The van der Waals surface area contributed by atoms with Crippen molar-refractivity contribution in [3.8, 4) is 0 Å². The first-order valence-electron chi connectivity index (χ1n) is 8.12. The molecule has 1 N–H and O–H groups in total. The minimum atomic E-state index is -0.304. The van der Waals surface area contributed by atoms with E-state index in [2.05, 4.69) is 19.2 Å². The fourth-order valence-electron chi connectivity index (χ4n) is 3.01. The number of carbonyl (C=O) groups excluding carboxylic acids is 2. The van der Waals surface area contributed by atoms with Crippen molar-refractivity contribution in [1.29, 1.82) is 0 Å². The molecule has 23 heavy (non-hydrogen) atoms. The summed E-state index contributed by atoms with van der Waals surface area (Å²) < 4.78 is 5.10. The number of carbonyl (C=O) groups is 2. The zero-order chi connectivity index (χ0) is 17.0. The Kier molecular flexibility index (Phi) is 5.77. The molecule has 0 unspecified atom stereocenters. The summed E-state index contributed by atoms with van der Waals surface area (Å²) in [6.07, 6.45) is 0.268. The van der Waals surface area contributed by atoms with Crippen molar-refractivity contribution in [3.63, 3.8) is 0 Å². The molecule has 0 aromatic heterocycles. The van der Waals surface area contributed by atoms with Gasteiger partial charge in [0.1, 0.15) is 0 Å². The summed E-state index contributed by atoms with van der Waals surface area (Å²) in [6.45, 7) is 7.07. The average Bonchev–Trinajstić information content (AvgIpc) is 2.90. The summed E-state index contributed by atoms with van der Waals surface area (Å²) in [4.78, 5) is 26.4. The lowest BCUT2D eigenvalue weighted by Crippen LogP contribution is -2.38. The molecule has 0 spiro atoms. The average molecular weight is 318 g/mol. The van der Waals surface area contributed by atoms with E-state index in [1.807, 2.05) is 31.2 Å². The van der Waals surface area contributed by atoms with E-state index in [0.29, 0.717) is 19.1 Å². The maximum Gasteiger partial charge on any atom is 0.229 e. The van der Waals surface area contributed by atoms with Crippen LogP contribution in [0.2, 0.25) is 0 Å². The number of likely N-dealkylation sites (tertiary alicyclic amines) is 1. The van der Waals surface area contributed by atoms with Crippen molar-refractivity contribution < 1.29 is 14.3 Å². The fraction of sp³-hybridized carbons (Fsp3) is 0.556. The van der Waals surface area contributed by atoms with Gasteiger partial charge >= 0.3 is 0 Å². The molecule has 2 amide bonds. The number of nitrogens with one attached hydrogen (secondary N) is 1. The highest BCUT2D eigenvalue weighted by atomic mass is 16.5. The topological polar surface area (TPSA) is 58.6 Å². The molecular formula is C18H26N2O3. The second-order valence-corrected chi connectivity index (χ2v) is 6.48. The maximum atomic E-state index is 12.5. The number of nitrogens with zero attached hydrogens (tertiary/aromatic N) is 1. The van der Waals surface area contributed by atoms with Gasteiger partial charge in [-0.25, -0.2) is 0 Å². The minimum Gasteiger partial charge on any atom is -0.383 e. The van der Waals surface area contributed by atoms with E-state index in [9.17, 15) is 9.59 Å². The molecule has 126 valence electrons. The summed E-state index contributed by atoms with van der Waals surface area (Å²) >= 11 is 0. The quantitative estimate of drug-likeness (QED) is 0.877. The van der Waals surface area contributed by atoms with Gasteiger partial charge in [-0.2, -0.15) is 0 Å². The van der Waals surface area contributed by atoms with Crippen LogP contribution in [0.4, 0.5) is 5.69 Å². The lowest BCUT2D eigenvalue weighted by atomic mass is 10.0. The van der Waals surface area contributed by atoms with Crippen molar-refractivity contribution in [2.24, 2.45) is 5.92 Å². The van der Waals surface area contributed by atoms with Gasteiger partial charge in [0.05, 0.1) is 18.6 Å². The smallest absolute Gasteiger partial charge is 0.229 e. The zero-order valence-corrected chi connectivity index (χ0v) is 14.3. The molecule has 5 heteroatoms. The highest BCUT2D eigenvalue weighted by Gasteiger charge is 2.36. The number of hydrogen-bond acceptors (Lipinski definition) is 3. The predicted octanol–water partition coefficient (Wildman–Crippen LogP) is 2.63. The normalized spacial score (nSPS) is 19.3. The Morgan fingerprint density at radius 2 is 2.04 bits per heavy atom. The summed E-state index contributed by atoms with van der Waals surface area (Å²) in [7, 11) is 1.62. The van der Waals surface area contributed by atoms with Gasteiger partial charge in [-0.1, -0.05) is 32.0 Å². The molecule has 0 saturated carbocycles. The van der Waals surface area contributed by atoms with Crippen molar-refractivity contribution in [1.82, 2.24) is 4.90 Å². The lowest BCUT2D eigenvalue weighted by molar-refractivity contribution is -0.130. The number of benzene rings is 1. The molecule has 1 aliphatic rings. The number of anilines is 1. The SMILES string of the molecule is COC[C@@H](C)N1C[C@@H](C(=O)Nc2ccccc2C(C)C)CC1=O. The number of hydrogen-bond donors (Lipinski definition) is 1. The molecule has 1 aromatic rings. The summed E-state index contributed by atoms with van der Waals surface area (Å²) in [5.41, 5.74) is 1.94. The third kappa shape index (κ3) is 4.10. The Morgan fingerprint density at radius 1 is 1.35 bits per heavy atom. The molecule has 2 rings (SSSR count). The zero-order valence-electron chi connectivity index (χ0n) is 14.3. The molecule has 1 fully saturated rings. The monoisotopic (exact) mass is 318 g/mol. The Hall–Kier alpha value is -1.88. The van der Waals surface area contributed by atoms with Crippen LogP contribution in [0.25, 0.3) is 0 Å². The van der Waals surface area contributed by atoms with E-state index in [1.165, 1.54) is 0 Å². The molecule has 5 nitrogen and oxygen atoms in total. The Balaban J connectivity index is 2.04. The summed E-state index contributed by atoms with van der Waals surface area (Å²) in [5.74, 6) is -0.0395. The van der Waals surface area contributed by atoms with Crippen LogP contribution in [0.3, 0.4) is 0 Å². The van der Waals surface area contributed by atoms with E-state index in [-0.39, 0.29) is 30.2 Å². The van der Waals surface area contributed by atoms with Crippen LogP contribution in [0, 0.1) is 5.92 Å². The van der Waals surface area contributed by atoms with Gasteiger partial charge in [0.25, 0.3) is 0 Å². The molecule has 0 radical (unpaired) electrons. The Morgan fingerprint density at radius 3 is 2.70 bits per heavy atom. The van der Waals surface area contributed by atoms with Crippen molar-refractivity contribution in [2.45, 2.75) is 39.2 Å². The second-order valence-electron chi connectivity index (χ2n) is 6.48. The largest absolute Gasteiger partial charge is 0.383 e. The van der Waals surface area contributed by atoms with Crippen LogP contribution in [0.1, 0.15) is 38.7 Å². The van der Waals surface area contributed by atoms with Crippen LogP contribution in [0.15, 0.2) is 24.3 Å². The Bertz CT molecular complexity index is 571. The number of ether oxygens (including phenoxy) is 1. The van der Waals surface area contributed by atoms with Crippen molar-refractivity contribution in [3.05, 3.63) is 29.8 Å². The number of amides is 2. The maximum absolute atomic E-state index is 12.5. The molecular weight excluding hydrogens is 292 g/mol. The summed E-state index contributed by atoms with van der Waals surface area (Å²) in [5, 5.41) is 3.00. The van der Waals surface area contributed by atoms with E-state index in [0.717, 1.165) is 11.3 Å². The molecule has 0 aliphatic carbocycles. The minimum absolute atomic E-state index is 0.00625. The highest BCUT2D eigenvalue weighted by Crippen LogP contribution is 2.26. The first-order valence-corrected chi connectivity index (χ1v) is 8.12. The van der Waals surface area contributed by atoms with Crippen LogP contribution >= 0.6 is 0 Å². The van der Waals surface area contributed by atoms with Gasteiger partial charge in [-0.15, -0.1) is 0 Å². The Labute approximate surface area is 138 Å². The fourth-order valence-corrected chi connectivity index (χ4v) is 3.01. The standard InChI is InChI=1S/C18H26N2O3/c1-12(2)15-7-5-6-8-16(15)19-18(22)14-9-17(21)20(10-14)13(3)11-23-4/h5-8,12-14H,9-11H2,1-4H3,(H,19,22)/t13-,14+/m1/s1. The van der Waals surface area contributed by atoms with Crippen molar-refractivity contribution in [2.75, 3.05) is 25.6 Å². The van der Waals surface area contributed by atoms with Gasteiger partial charge in [0.2, 0.25) is 11.8 Å². The molecule has 2 atom stereocenters. The van der Waals surface area contributed by atoms with E-state index in [4.69, 9.17) is 4.74 Å². The van der Waals surface area contributed by atoms with E-state index < -0.39 is 0 Å². The predicted molar refractivity (Wildman–Crippen MR) is 90.3 cm³/mol. The van der Waals surface area contributed by atoms with Gasteiger partial charge in [-0.05, 0) is 24.5 Å². The van der Waals surface area contributed by atoms with Gasteiger partial charge in [0.15, 0.2) is 0 Å². The number of rotatable bonds is 6. The number of methoxy groups -OCH3 is 1. The van der Waals surface area contributed by atoms with Gasteiger partial charge in [-0.3, -0.25) is 9.59 Å². The molecule has 0 bridgehead atoms. The first-order chi connectivity index (χ1) is 10.9. The van der Waals surface area contributed by atoms with Crippen LogP contribution in [0.5, 0.6) is 0 Å². The highest BCUT2D eigenvalue weighted by molar-refractivity contribution is 5.97. The first kappa shape index (κ1) is 17.5. The van der Waals surface area contributed by atoms with Gasteiger partial charge in [0, 0.05) is 25.8 Å². The van der Waals surface area contributed by atoms with E-state index in [1.54, 1.807) is 12.0 Å².